The van der Waals surface area contributed by atoms with Gasteiger partial charge in [0, 0.05) is 5.56 Å². The maximum Gasteiger partial charge on any atom is 0.351 e. The van der Waals surface area contributed by atoms with Crippen molar-refractivity contribution >= 4 is 23.0 Å². The lowest BCUT2D eigenvalue weighted by atomic mass is 10.1. The molecule has 78 valence electrons. The quantitative estimate of drug-likeness (QED) is 0.679. The van der Waals surface area contributed by atoms with Crippen LogP contribution in [0.2, 0.25) is 0 Å². The summed E-state index contributed by atoms with van der Waals surface area (Å²) in [6.45, 7) is 0. The highest BCUT2D eigenvalue weighted by Crippen LogP contribution is 2.25. The van der Waals surface area contributed by atoms with Crippen LogP contribution in [0.3, 0.4) is 0 Å². The van der Waals surface area contributed by atoms with E-state index in [9.17, 15) is 4.79 Å². The predicted molar refractivity (Wildman–Crippen MR) is 61.3 cm³/mol. The minimum absolute atomic E-state index is 0.377. The average molecular weight is 211 g/mol. The minimum Gasteiger partial charge on any atom is -0.431 e. The molecule has 0 N–H and O–H groups in total. The number of nitrogens with zero attached hydrogens (tertiary/aromatic N) is 1. The van der Waals surface area contributed by atoms with Crippen molar-refractivity contribution in [2.24, 2.45) is 4.99 Å². The third-order valence-corrected chi connectivity index (χ3v) is 2.60. The molecule has 0 saturated carbocycles. The van der Waals surface area contributed by atoms with E-state index in [0.717, 1.165) is 10.9 Å². The maximum absolute atomic E-state index is 10.9. The number of rotatable bonds is 1. The molecule has 0 amide bonds. The number of esters is 1. The molecule has 1 unspecified atom stereocenters. The predicted octanol–water partition coefficient (Wildman–Crippen LogP) is 2.47. The summed E-state index contributed by atoms with van der Waals surface area (Å²) in [5.41, 5.74) is 0.904. The van der Waals surface area contributed by atoms with Gasteiger partial charge in [0.15, 0.2) is 0 Å². The van der Waals surface area contributed by atoms with Crippen molar-refractivity contribution in [1.82, 2.24) is 0 Å². The van der Waals surface area contributed by atoms with Gasteiger partial charge in [-0.3, -0.25) is 0 Å². The first kappa shape index (κ1) is 9.09. The average Bonchev–Trinajstić information content (AvgIpc) is 2.75. The van der Waals surface area contributed by atoms with Gasteiger partial charge in [-0.1, -0.05) is 36.4 Å². The second-order valence-electron chi connectivity index (χ2n) is 3.67. The van der Waals surface area contributed by atoms with E-state index in [-0.39, 0.29) is 5.97 Å². The Hall–Kier alpha value is -2.16. The van der Waals surface area contributed by atoms with E-state index in [2.05, 4.69) is 4.99 Å². The van der Waals surface area contributed by atoms with Crippen LogP contribution in [0, 0.1) is 0 Å². The number of benzene rings is 2. The van der Waals surface area contributed by atoms with Crippen LogP contribution in [-0.4, -0.2) is 12.2 Å². The van der Waals surface area contributed by atoms with Crippen LogP contribution in [0.1, 0.15) is 11.8 Å². The fourth-order valence-electron chi connectivity index (χ4n) is 1.81. The lowest BCUT2D eigenvalue weighted by molar-refractivity contribution is -0.137. The molecule has 0 bridgehead atoms. The molecule has 2 aromatic carbocycles. The Bertz CT molecular complexity index is 589. The Labute approximate surface area is 92.4 Å². The number of hydrogen-bond donors (Lipinski definition) is 0. The highest BCUT2D eigenvalue weighted by molar-refractivity contribution is 6.24. The van der Waals surface area contributed by atoms with Crippen LogP contribution in [0.15, 0.2) is 47.5 Å². The van der Waals surface area contributed by atoms with Crippen molar-refractivity contribution in [2.75, 3.05) is 0 Å². The second-order valence-corrected chi connectivity index (χ2v) is 3.67. The summed E-state index contributed by atoms with van der Waals surface area (Å²) >= 11 is 0. The van der Waals surface area contributed by atoms with E-state index >= 15 is 0 Å². The first-order valence-electron chi connectivity index (χ1n) is 5.05. The standard InChI is InChI=1S/C13H9NO2/c15-12-8-14-13(16-12)11-6-5-9-3-1-2-4-10(9)7-11/h1-8,13H. The first-order chi connectivity index (χ1) is 7.83. The van der Waals surface area contributed by atoms with Gasteiger partial charge in [0.1, 0.15) is 6.21 Å². The molecule has 0 radical (unpaired) electrons. The molecule has 1 aliphatic heterocycles. The second kappa shape index (κ2) is 3.45. The number of cyclic esters (lactones) is 1. The molecule has 2 aromatic rings. The van der Waals surface area contributed by atoms with Crippen LogP contribution >= 0.6 is 0 Å². The van der Waals surface area contributed by atoms with E-state index in [1.54, 1.807) is 0 Å². The summed E-state index contributed by atoms with van der Waals surface area (Å²) in [6.07, 6.45) is 0.747. The first-order valence-corrected chi connectivity index (χ1v) is 5.05. The largest absolute Gasteiger partial charge is 0.431 e. The Kier molecular flexibility index (Phi) is 1.96. The van der Waals surface area contributed by atoms with E-state index < -0.39 is 6.23 Å². The minimum atomic E-state index is -0.475. The van der Waals surface area contributed by atoms with Gasteiger partial charge in [-0.15, -0.1) is 0 Å². The fourth-order valence-corrected chi connectivity index (χ4v) is 1.81. The van der Waals surface area contributed by atoms with E-state index in [1.807, 2.05) is 42.5 Å². The topological polar surface area (TPSA) is 38.7 Å². The van der Waals surface area contributed by atoms with Crippen molar-refractivity contribution < 1.29 is 9.53 Å². The molecule has 0 fully saturated rings. The number of carbonyl (C=O) groups is 1. The van der Waals surface area contributed by atoms with Crippen LogP contribution in [-0.2, 0) is 9.53 Å². The van der Waals surface area contributed by atoms with E-state index in [4.69, 9.17) is 4.74 Å². The van der Waals surface area contributed by atoms with Crippen LogP contribution in [0.4, 0.5) is 0 Å². The molecule has 3 nitrogen and oxygen atoms in total. The third-order valence-electron chi connectivity index (χ3n) is 2.60. The van der Waals surface area contributed by atoms with E-state index in [0.29, 0.717) is 0 Å². The molecule has 1 atom stereocenters. The third kappa shape index (κ3) is 1.46. The molecule has 0 spiro atoms. The Morgan fingerprint density at radius 2 is 1.88 bits per heavy atom. The van der Waals surface area contributed by atoms with Crippen molar-refractivity contribution in [2.45, 2.75) is 6.23 Å². The van der Waals surface area contributed by atoms with Crippen molar-refractivity contribution in [3.8, 4) is 0 Å². The Morgan fingerprint density at radius 1 is 1.06 bits per heavy atom. The number of ether oxygens (including phenoxy) is 1. The molecule has 3 heteroatoms. The van der Waals surface area contributed by atoms with E-state index in [1.165, 1.54) is 11.6 Å². The summed E-state index contributed by atoms with van der Waals surface area (Å²) < 4.78 is 5.04. The van der Waals surface area contributed by atoms with Gasteiger partial charge in [0.2, 0.25) is 6.23 Å². The maximum atomic E-state index is 10.9. The number of hydrogen-bond acceptors (Lipinski definition) is 3. The van der Waals surface area contributed by atoms with Crippen molar-refractivity contribution in [3.63, 3.8) is 0 Å². The molecular weight excluding hydrogens is 202 g/mol. The Balaban J connectivity index is 2.05. The molecule has 3 rings (SSSR count). The normalized spacial score (nSPS) is 19.0. The smallest absolute Gasteiger partial charge is 0.351 e. The highest BCUT2D eigenvalue weighted by atomic mass is 16.6. The Morgan fingerprint density at radius 3 is 2.62 bits per heavy atom. The van der Waals surface area contributed by atoms with Gasteiger partial charge < -0.3 is 4.74 Å². The monoisotopic (exact) mass is 211 g/mol. The molecule has 0 saturated heterocycles. The summed E-state index contributed by atoms with van der Waals surface area (Å²) in [5.74, 6) is -0.377. The molecule has 1 aliphatic rings. The van der Waals surface area contributed by atoms with Gasteiger partial charge in [-0.05, 0) is 16.8 Å². The molecule has 0 aliphatic carbocycles. The van der Waals surface area contributed by atoms with Crippen molar-refractivity contribution in [1.29, 1.82) is 0 Å². The van der Waals surface area contributed by atoms with Crippen molar-refractivity contribution in [3.05, 3.63) is 48.0 Å². The summed E-state index contributed by atoms with van der Waals surface area (Å²) in [5, 5.41) is 2.29. The van der Waals surface area contributed by atoms with Crippen LogP contribution < -0.4 is 0 Å². The lowest BCUT2D eigenvalue weighted by Gasteiger charge is -2.08. The lowest BCUT2D eigenvalue weighted by Crippen LogP contribution is -2.00. The van der Waals surface area contributed by atoms with Gasteiger partial charge in [-0.25, -0.2) is 9.79 Å². The number of aliphatic imine (C=N–C) groups is 1. The fraction of sp³-hybridized carbons (Fsp3) is 0.0769. The van der Waals surface area contributed by atoms with Gasteiger partial charge in [0.05, 0.1) is 0 Å². The van der Waals surface area contributed by atoms with Gasteiger partial charge in [0.25, 0.3) is 0 Å². The molecule has 16 heavy (non-hydrogen) atoms. The van der Waals surface area contributed by atoms with Crippen LogP contribution in [0.5, 0.6) is 0 Å². The zero-order chi connectivity index (χ0) is 11.0. The summed E-state index contributed by atoms with van der Waals surface area (Å²) in [7, 11) is 0. The molecule has 1 heterocycles. The van der Waals surface area contributed by atoms with Gasteiger partial charge >= 0.3 is 5.97 Å². The summed E-state index contributed by atoms with van der Waals surface area (Å²) in [4.78, 5) is 14.9. The summed E-state index contributed by atoms with van der Waals surface area (Å²) in [6, 6.07) is 14.0. The van der Waals surface area contributed by atoms with Gasteiger partial charge in [-0.2, -0.15) is 0 Å². The number of carbonyl (C=O) groups excluding carboxylic acids is 1. The SMILES string of the molecule is O=C1C=NC(c2ccc3ccccc3c2)O1. The van der Waals surface area contributed by atoms with Crippen LogP contribution in [0.25, 0.3) is 10.8 Å². The molecular formula is C13H9NO2. The molecule has 0 aromatic heterocycles. The zero-order valence-electron chi connectivity index (χ0n) is 8.46. The highest BCUT2D eigenvalue weighted by Gasteiger charge is 2.19. The zero-order valence-corrected chi connectivity index (χ0v) is 8.46. The number of fused-ring (bicyclic) bond motifs is 1.